The van der Waals surface area contributed by atoms with Crippen LogP contribution in [0.3, 0.4) is 0 Å². The van der Waals surface area contributed by atoms with E-state index in [9.17, 15) is 0 Å². The average molecular weight is 249 g/mol. The summed E-state index contributed by atoms with van der Waals surface area (Å²) in [6, 6.07) is 7.20. The molecule has 0 aliphatic carbocycles. The molecule has 0 radical (unpaired) electrons. The Kier molecular flexibility index (Phi) is 4.61. The van der Waals surface area contributed by atoms with Gasteiger partial charge in [0.05, 0.1) is 13.1 Å². The fourth-order valence-corrected chi connectivity index (χ4v) is 1.28. The molecule has 0 amide bonds. The van der Waals surface area contributed by atoms with Gasteiger partial charge in [-0.15, -0.1) is 23.2 Å². The molecule has 0 aliphatic rings. The van der Waals surface area contributed by atoms with Gasteiger partial charge in [-0.2, -0.15) is 0 Å². The predicted octanol–water partition coefficient (Wildman–Crippen LogP) is 4.60. The summed E-state index contributed by atoms with van der Waals surface area (Å²) in [5, 5.41) is 0.227. The normalized spacial score (nSPS) is 11.8. The molecule has 78 valence electrons. The van der Waals surface area contributed by atoms with Crippen LogP contribution >= 0.6 is 23.2 Å². The van der Waals surface area contributed by atoms with Gasteiger partial charge in [-0.05, 0) is 23.3 Å². The second kappa shape index (κ2) is 5.98. The summed E-state index contributed by atoms with van der Waals surface area (Å²) >= 11 is 11.2. The lowest BCUT2D eigenvalue weighted by Gasteiger charge is -1.96. The second-order valence-corrected chi connectivity index (χ2v) is 3.60. The minimum Gasteiger partial charge on any atom is -0.225 e. The first-order valence-corrected chi connectivity index (χ1v) is 5.00. The minimum absolute atomic E-state index is 0.113. The number of nitrogens with zero attached hydrogens (tertiary/aromatic N) is 2. The highest BCUT2D eigenvalue weighted by molar-refractivity contribution is 6.33. The predicted molar refractivity (Wildman–Crippen MR) is 67.3 cm³/mol. The molecule has 0 aromatic heterocycles. The largest absolute Gasteiger partial charge is 0.252 e. The van der Waals surface area contributed by atoms with E-state index < -0.39 is 0 Å². The van der Waals surface area contributed by atoms with Crippen molar-refractivity contribution in [1.82, 2.24) is 0 Å². The molecule has 0 bridgehead atoms. The van der Waals surface area contributed by atoms with Gasteiger partial charge in [-0.3, -0.25) is 0 Å². The van der Waals surface area contributed by atoms with Gasteiger partial charge in [0.15, 0.2) is 0 Å². The van der Waals surface area contributed by atoms with Gasteiger partial charge in [0.25, 0.3) is 10.3 Å². The molecule has 0 aliphatic heterocycles. The van der Waals surface area contributed by atoms with Crippen molar-refractivity contribution in [3.05, 3.63) is 68.5 Å². The van der Waals surface area contributed by atoms with Gasteiger partial charge in [0.1, 0.15) is 0 Å². The molecule has 0 saturated heterocycles. The molecule has 1 aromatic carbocycles. The van der Waals surface area contributed by atoms with Crippen LogP contribution in [0.25, 0.3) is 21.8 Å². The van der Waals surface area contributed by atoms with Gasteiger partial charge in [0.2, 0.25) is 0 Å². The van der Waals surface area contributed by atoms with Gasteiger partial charge < -0.3 is 0 Å². The summed E-state index contributed by atoms with van der Waals surface area (Å²) in [6.07, 6.45) is 3.14. The van der Waals surface area contributed by atoms with Crippen molar-refractivity contribution in [1.29, 1.82) is 0 Å². The van der Waals surface area contributed by atoms with E-state index >= 15 is 0 Å². The van der Waals surface area contributed by atoms with Gasteiger partial charge in [0, 0.05) is 0 Å². The van der Waals surface area contributed by atoms with Gasteiger partial charge in [-0.25, -0.2) is 9.69 Å². The summed E-state index contributed by atoms with van der Waals surface area (Å²) < 4.78 is 0. The summed E-state index contributed by atoms with van der Waals surface area (Å²) in [7, 11) is 0. The highest BCUT2D eigenvalue weighted by Gasteiger charge is 1.94. The third kappa shape index (κ3) is 3.79. The van der Waals surface area contributed by atoms with Crippen LogP contribution in [-0.4, -0.2) is 0 Å². The second-order valence-electron chi connectivity index (χ2n) is 2.82. The van der Waals surface area contributed by atoms with Crippen LogP contribution in [0, 0.1) is 13.1 Å². The smallest absolute Gasteiger partial charge is 0.225 e. The SMILES string of the molecule is [C-]#[N+]/C(Cl)=C/c1ccc(/C=C(\Cl)[N+]#[C-])cc1. The molecule has 0 atom stereocenters. The molecule has 1 aromatic rings. The molecule has 4 heteroatoms. The Labute approximate surface area is 104 Å². The Morgan fingerprint density at radius 2 is 1.19 bits per heavy atom. The van der Waals surface area contributed by atoms with E-state index in [1.54, 1.807) is 36.4 Å². The van der Waals surface area contributed by atoms with Crippen molar-refractivity contribution in [3.8, 4) is 0 Å². The number of hydrogen-bond donors (Lipinski definition) is 0. The number of benzene rings is 1. The summed E-state index contributed by atoms with van der Waals surface area (Å²) in [5.74, 6) is 0. The lowest BCUT2D eigenvalue weighted by molar-refractivity contribution is 1.61. The van der Waals surface area contributed by atoms with Crippen LogP contribution in [0.4, 0.5) is 0 Å². The maximum absolute atomic E-state index is 6.68. The third-order valence-corrected chi connectivity index (χ3v) is 2.11. The van der Waals surface area contributed by atoms with Crippen molar-refractivity contribution >= 4 is 35.4 Å². The summed E-state index contributed by atoms with van der Waals surface area (Å²) in [6.45, 7) is 13.4. The molecule has 0 heterocycles. The Bertz CT molecular complexity index is 464. The molecule has 1 rings (SSSR count). The molecule has 0 N–H and O–H groups in total. The van der Waals surface area contributed by atoms with Crippen LogP contribution in [0.5, 0.6) is 0 Å². The van der Waals surface area contributed by atoms with E-state index in [2.05, 4.69) is 9.69 Å². The number of halogens is 2. The Morgan fingerprint density at radius 1 is 0.875 bits per heavy atom. The standard InChI is InChI=1S/C12H6Cl2N2/c1-15-11(13)7-9-3-5-10(6-4-9)8-12(14)16-2/h3-8H/b11-7+,12-8+. The zero-order chi connectivity index (χ0) is 12.0. The summed E-state index contributed by atoms with van der Waals surface area (Å²) in [4.78, 5) is 6.14. The first-order chi connectivity index (χ1) is 7.65. The highest BCUT2D eigenvalue weighted by Crippen LogP contribution is 2.15. The van der Waals surface area contributed by atoms with E-state index in [0.29, 0.717) is 0 Å². The Balaban J connectivity index is 2.94. The lowest BCUT2D eigenvalue weighted by atomic mass is 10.1. The van der Waals surface area contributed by atoms with Gasteiger partial charge in [-0.1, -0.05) is 24.3 Å². The van der Waals surface area contributed by atoms with Crippen molar-refractivity contribution in [2.45, 2.75) is 0 Å². The highest BCUT2D eigenvalue weighted by atomic mass is 35.5. The third-order valence-electron chi connectivity index (χ3n) is 1.72. The molecule has 16 heavy (non-hydrogen) atoms. The monoisotopic (exact) mass is 248 g/mol. The average Bonchev–Trinajstić information content (AvgIpc) is 2.31. The fourth-order valence-electron chi connectivity index (χ4n) is 1.03. The molecule has 2 nitrogen and oxygen atoms in total. The Morgan fingerprint density at radius 3 is 1.44 bits per heavy atom. The fraction of sp³-hybridized carbons (Fsp3) is 0. The first-order valence-electron chi connectivity index (χ1n) is 4.25. The van der Waals surface area contributed by atoms with Crippen molar-refractivity contribution < 1.29 is 0 Å². The van der Waals surface area contributed by atoms with Crippen LogP contribution in [0.2, 0.25) is 0 Å². The molecule has 0 spiro atoms. The van der Waals surface area contributed by atoms with Crippen LogP contribution < -0.4 is 0 Å². The molecular formula is C12H6Cl2N2. The first kappa shape index (κ1) is 12.3. The summed E-state index contributed by atoms with van der Waals surface area (Å²) in [5.41, 5.74) is 1.66. The van der Waals surface area contributed by atoms with Gasteiger partial charge >= 0.3 is 0 Å². The van der Waals surface area contributed by atoms with E-state index in [0.717, 1.165) is 11.1 Å². The van der Waals surface area contributed by atoms with E-state index in [1.165, 1.54) is 0 Å². The maximum atomic E-state index is 6.68. The number of hydrogen-bond acceptors (Lipinski definition) is 0. The molecule has 0 fully saturated rings. The minimum atomic E-state index is 0.113. The molecule has 0 saturated carbocycles. The van der Waals surface area contributed by atoms with Crippen molar-refractivity contribution in [2.75, 3.05) is 0 Å². The van der Waals surface area contributed by atoms with Crippen LogP contribution in [-0.2, 0) is 0 Å². The topological polar surface area (TPSA) is 8.72 Å². The van der Waals surface area contributed by atoms with Crippen LogP contribution in [0.1, 0.15) is 11.1 Å². The van der Waals surface area contributed by atoms with Crippen molar-refractivity contribution in [2.24, 2.45) is 0 Å². The van der Waals surface area contributed by atoms with E-state index in [-0.39, 0.29) is 10.3 Å². The van der Waals surface area contributed by atoms with E-state index in [1.807, 2.05) is 0 Å². The Hall–Kier alpha value is -1.74. The zero-order valence-electron chi connectivity index (χ0n) is 8.11. The van der Waals surface area contributed by atoms with Crippen molar-refractivity contribution in [3.63, 3.8) is 0 Å². The molecule has 0 unspecified atom stereocenters. The molecular weight excluding hydrogens is 243 g/mol. The maximum Gasteiger partial charge on any atom is 0.252 e. The number of rotatable bonds is 2. The lowest BCUT2D eigenvalue weighted by Crippen LogP contribution is -1.75. The quantitative estimate of drug-likeness (QED) is 0.535. The van der Waals surface area contributed by atoms with E-state index in [4.69, 9.17) is 36.3 Å². The van der Waals surface area contributed by atoms with Crippen LogP contribution in [0.15, 0.2) is 34.6 Å². The zero-order valence-corrected chi connectivity index (χ0v) is 9.63.